The van der Waals surface area contributed by atoms with Gasteiger partial charge in [-0.2, -0.15) is 25.3 Å². The van der Waals surface area contributed by atoms with Gasteiger partial charge < -0.3 is 9.90 Å². The molecule has 0 heterocycles. The van der Waals surface area contributed by atoms with Crippen molar-refractivity contribution in [1.29, 1.82) is 0 Å². The molecule has 0 fully saturated rings. The molecule has 10 heavy (non-hydrogen) atoms. The van der Waals surface area contributed by atoms with Crippen molar-refractivity contribution in [2.45, 2.75) is 24.3 Å². The number of carbonyl (C=O) groups excluding carboxylic acids is 1. The Morgan fingerprint density at radius 1 is 1.30 bits per heavy atom. The van der Waals surface area contributed by atoms with Crippen LogP contribution in [0.2, 0.25) is 0 Å². The first kappa shape index (κ1) is 10.2. The summed E-state index contributed by atoms with van der Waals surface area (Å²) in [6.45, 7) is 3.44. The van der Waals surface area contributed by atoms with Crippen molar-refractivity contribution in [3.63, 3.8) is 0 Å². The van der Waals surface area contributed by atoms with Crippen LogP contribution < -0.4 is 5.11 Å². The Morgan fingerprint density at radius 2 is 1.60 bits per heavy atom. The highest BCUT2D eigenvalue weighted by Gasteiger charge is 2.19. The standard InChI is InChI=1S/C6H12O2S2/c1-3(9)5(4(2)10)6(7)8/h3-5,9-10H,1-2H3,(H,7,8)/p-1. The van der Waals surface area contributed by atoms with Crippen molar-refractivity contribution in [2.24, 2.45) is 5.92 Å². The second-order valence-corrected chi connectivity index (χ2v) is 3.96. The molecule has 2 nitrogen and oxygen atoms in total. The van der Waals surface area contributed by atoms with Crippen LogP contribution in [0.5, 0.6) is 0 Å². The maximum atomic E-state index is 10.4. The first-order chi connectivity index (χ1) is 4.46. The van der Waals surface area contributed by atoms with E-state index in [2.05, 4.69) is 25.3 Å². The van der Waals surface area contributed by atoms with E-state index >= 15 is 0 Å². The Kier molecular flexibility index (Phi) is 4.20. The topological polar surface area (TPSA) is 40.1 Å². The number of carbonyl (C=O) groups is 1. The molecule has 4 heteroatoms. The predicted molar refractivity (Wildman–Crippen MR) is 45.4 cm³/mol. The number of aliphatic carboxylic acids is 1. The van der Waals surface area contributed by atoms with Gasteiger partial charge in [-0.05, 0) is 0 Å². The van der Waals surface area contributed by atoms with Crippen molar-refractivity contribution >= 4 is 31.2 Å². The van der Waals surface area contributed by atoms with Gasteiger partial charge in [-0.15, -0.1) is 0 Å². The van der Waals surface area contributed by atoms with Gasteiger partial charge in [0.2, 0.25) is 0 Å². The Bertz CT molecular complexity index is 115. The molecule has 0 saturated carbocycles. The molecule has 0 aromatic carbocycles. The van der Waals surface area contributed by atoms with Crippen molar-refractivity contribution in [2.75, 3.05) is 0 Å². The van der Waals surface area contributed by atoms with Gasteiger partial charge in [-0.1, -0.05) is 13.8 Å². The summed E-state index contributed by atoms with van der Waals surface area (Å²) in [4.78, 5) is 10.4. The Morgan fingerprint density at radius 3 is 1.60 bits per heavy atom. The zero-order valence-electron chi connectivity index (χ0n) is 5.94. The minimum Gasteiger partial charge on any atom is -0.550 e. The number of hydrogen-bond donors (Lipinski definition) is 2. The number of thiol groups is 2. The summed E-state index contributed by atoms with van der Waals surface area (Å²) in [5.41, 5.74) is 0. The summed E-state index contributed by atoms with van der Waals surface area (Å²) in [7, 11) is 0. The molecule has 0 aromatic heterocycles. The molecule has 0 aromatic rings. The maximum absolute atomic E-state index is 10.4. The fourth-order valence-electron chi connectivity index (χ4n) is 0.797. The average molecular weight is 179 g/mol. The lowest BCUT2D eigenvalue weighted by molar-refractivity contribution is -0.311. The highest BCUT2D eigenvalue weighted by atomic mass is 32.1. The lowest BCUT2D eigenvalue weighted by Crippen LogP contribution is -2.40. The molecule has 2 atom stereocenters. The van der Waals surface area contributed by atoms with Gasteiger partial charge in [0.1, 0.15) is 0 Å². The molecule has 2 unspecified atom stereocenters. The van der Waals surface area contributed by atoms with Crippen LogP contribution in [0.15, 0.2) is 0 Å². The van der Waals surface area contributed by atoms with Gasteiger partial charge in [-0.3, -0.25) is 0 Å². The first-order valence-corrected chi connectivity index (χ1v) is 4.07. The molecule has 0 aliphatic rings. The van der Waals surface area contributed by atoms with E-state index in [4.69, 9.17) is 0 Å². The van der Waals surface area contributed by atoms with Gasteiger partial charge in [0.25, 0.3) is 0 Å². The maximum Gasteiger partial charge on any atom is 0.0467 e. The van der Waals surface area contributed by atoms with Crippen molar-refractivity contribution < 1.29 is 9.90 Å². The van der Waals surface area contributed by atoms with Gasteiger partial charge in [-0.25, -0.2) is 0 Å². The highest BCUT2D eigenvalue weighted by Crippen LogP contribution is 2.17. The SMILES string of the molecule is CC(S)C(C(=O)[O-])C(C)S. The summed E-state index contributed by atoms with van der Waals surface area (Å²) in [6.07, 6.45) is 0. The summed E-state index contributed by atoms with van der Waals surface area (Å²) in [5, 5.41) is 9.95. The van der Waals surface area contributed by atoms with Crippen LogP contribution in [0.4, 0.5) is 0 Å². The van der Waals surface area contributed by atoms with Gasteiger partial charge in [0.15, 0.2) is 0 Å². The second-order valence-electron chi connectivity index (χ2n) is 2.33. The van der Waals surface area contributed by atoms with Gasteiger partial charge in [0, 0.05) is 22.4 Å². The summed E-state index contributed by atoms with van der Waals surface area (Å²) < 4.78 is 0. The molecular formula is C6H11O2S2-. The Labute approximate surface area is 71.8 Å². The van der Waals surface area contributed by atoms with Crippen LogP contribution in [-0.4, -0.2) is 16.5 Å². The molecule has 60 valence electrons. The summed E-state index contributed by atoms with van der Waals surface area (Å²) >= 11 is 8.00. The zero-order valence-corrected chi connectivity index (χ0v) is 7.73. The first-order valence-electron chi connectivity index (χ1n) is 3.03. The molecular weight excluding hydrogens is 168 g/mol. The molecule has 0 N–H and O–H groups in total. The lowest BCUT2D eigenvalue weighted by atomic mass is 10.0. The van der Waals surface area contributed by atoms with Crippen LogP contribution >= 0.6 is 25.3 Å². The van der Waals surface area contributed by atoms with Crippen LogP contribution in [0.1, 0.15) is 13.8 Å². The third-order valence-electron chi connectivity index (χ3n) is 1.31. The Balaban J connectivity index is 4.12. The van der Waals surface area contributed by atoms with E-state index in [-0.39, 0.29) is 10.5 Å². The van der Waals surface area contributed by atoms with Crippen LogP contribution in [0, 0.1) is 5.92 Å². The summed E-state index contributed by atoms with van der Waals surface area (Å²) in [5.74, 6) is -1.66. The third kappa shape index (κ3) is 2.84. The molecule has 0 amide bonds. The molecule has 0 aliphatic carbocycles. The van der Waals surface area contributed by atoms with E-state index < -0.39 is 11.9 Å². The monoisotopic (exact) mass is 179 g/mol. The number of rotatable bonds is 3. The minimum atomic E-state index is -1.08. The largest absolute Gasteiger partial charge is 0.550 e. The van der Waals surface area contributed by atoms with Gasteiger partial charge >= 0.3 is 0 Å². The van der Waals surface area contributed by atoms with Gasteiger partial charge in [0.05, 0.1) is 0 Å². The van der Waals surface area contributed by atoms with E-state index in [0.717, 1.165) is 0 Å². The van der Waals surface area contributed by atoms with E-state index in [0.29, 0.717) is 0 Å². The third-order valence-corrected chi connectivity index (χ3v) is 1.95. The molecule has 0 rings (SSSR count). The van der Waals surface area contributed by atoms with E-state index in [1.807, 2.05) is 0 Å². The fourth-order valence-corrected chi connectivity index (χ4v) is 1.69. The molecule has 0 saturated heterocycles. The minimum absolute atomic E-state index is 0.211. The van der Waals surface area contributed by atoms with E-state index in [9.17, 15) is 9.90 Å². The lowest BCUT2D eigenvalue weighted by Gasteiger charge is -2.23. The number of carboxylic acids is 1. The Hall–Kier alpha value is 0.170. The van der Waals surface area contributed by atoms with Crippen LogP contribution in [0.25, 0.3) is 0 Å². The van der Waals surface area contributed by atoms with Crippen LogP contribution in [0.3, 0.4) is 0 Å². The normalized spacial score (nSPS) is 19.6. The molecule has 0 bridgehead atoms. The number of hydrogen-bond acceptors (Lipinski definition) is 4. The van der Waals surface area contributed by atoms with Crippen molar-refractivity contribution in [3.8, 4) is 0 Å². The highest BCUT2D eigenvalue weighted by molar-refractivity contribution is 7.82. The molecule has 0 aliphatic heterocycles. The molecule has 0 radical (unpaired) electrons. The van der Waals surface area contributed by atoms with Crippen molar-refractivity contribution in [1.82, 2.24) is 0 Å². The smallest absolute Gasteiger partial charge is 0.0467 e. The quantitative estimate of drug-likeness (QED) is 0.598. The number of carboxylic acid groups (broad SMARTS) is 1. The van der Waals surface area contributed by atoms with Crippen LogP contribution in [-0.2, 0) is 4.79 Å². The summed E-state index contributed by atoms with van der Waals surface area (Å²) in [6, 6.07) is 0. The predicted octanol–water partition coefficient (Wildman–Crippen LogP) is -0.0109. The van der Waals surface area contributed by atoms with E-state index in [1.165, 1.54) is 0 Å². The zero-order chi connectivity index (χ0) is 8.31. The second kappa shape index (κ2) is 4.13. The van der Waals surface area contributed by atoms with E-state index in [1.54, 1.807) is 13.8 Å². The molecule has 0 spiro atoms. The van der Waals surface area contributed by atoms with Crippen molar-refractivity contribution in [3.05, 3.63) is 0 Å². The average Bonchev–Trinajstić information content (AvgIpc) is 1.59. The fraction of sp³-hybridized carbons (Fsp3) is 0.833.